The first-order valence-corrected chi connectivity index (χ1v) is 10.3. The summed E-state index contributed by atoms with van der Waals surface area (Å²) in [5, 5.41) is 42.6. The highest BCUT2D eigenvalue weighted by molar-refractivity contribution is 6.30. The zero-order valence-corrected chi connectivity index (χ0v) is 17.6. The summed E-state index contributed by atoms with van der Waals surface area (Å²) >= 11 is 6.06. The van der Waals surface area contributed by atoms with Crippen LogP contribution in [0.4, 0.5) is 4.39 Å². The van der Waals surface area contributed by atoms with Gasteiger partial charge in [-0.05, 0) is 23.3 Å². The molecule has 0 amide bonds. The third-order valence-electron chi connectivity index (χ3n) is 6.54. The lowest BCUT2D eigenvalue weighted by atomic mass is 9.71. The van der Waals surface area contributed by atoms with Gasteiger partial charge in [-0.2, -0.15) is 5.26 Å². The molecule has 0 spiro atoms. The number of fused-ring (bicyclic) bond motifs is 3. The summed E-state index contributed by atoms with van der Waals surface area (Å²) in [4.78, 5) is 16.4. The van der Waals surface area contributed by atoms with Crippen LogP contribution in [0.15, 0.2) is 66.9 Å². The fourth-order valence-electron chi connectivity index (χ4n) is 5.18. The molecule has 1 unspecified atom stereocenters. The molecule has 2 aliphatic rings. The summed E-state index contributed by atoms with van der Waals surface area (Å²) in [6.07, 6.45) is -1.27. The normalized spacial score (nSPS) is 31.8. The van der Waals surface area contributed by atoms with E-state index >= 15 is 4.39 Å². The van der Waals surface area contributed by atoms with Crippen molar-refractivity contribution in [2.75, 3.05) is 0 Å². The molecule has 5 rings (SSSR count). The number of aliphatic carboxylic acids is 1. The second-order valence-electron chi connectivity index (χ2n) is 8.11. The van der Waals surface area contributed by atoms with E-state index in [4.69, 9.17) is 16.3 Å². The number of alkyl halides is 1. The Hall–Kier alpha value is -3.51. The number of aromatic nitrogens is 1. The smallest absolute Gasteiger partial charge is 0.345 e. The van der Waals surface area contributed by atoms with Crippen LogP contribution < -0.4 is 4.74 Å². The molecule has 1 fully saturated rings. The summed E-state index contributed by atoms with van der Waals surface area (Å²) in [5.74, 6) is -3.68. The van der Waals surface area contributed by atoms with Gasteiger partial charge in [0, 0.05) is 12.3 Å². The number of halogens is 2. The van der Waals surface area contributed by atoms with Crippen molar-refractivity contribution in [2.24, 2.45) is 0 Å². The number of aliphatic hydroxyl groups excluding tert-OH is 1. The SMILES string of the molecule is N#Cc1ccc([C@@]23Oc4cc(Cl)cnc4[C@]2(O)[C@H](O)C(F)(C(=O)O)[C@H]3c2ccccc2)cc1. The van der Waals surface area contributed by atoms with Crippen molar-refractivity contribution in [1.29, 1.82) is 5.26 Å². The van der Waals surface area contributed by atoms with Crippen LogP contribution in [0.2, 0.25) is 5.02 Å². The summed E-state index contributed by atoms with van der Waals surface area (Å²) < 4.78 is 22.8. The molecule has 3 N–H and O–H groups in total. The van der Waals surface area contributed by atoms with E-state index in [1.807, 2.05) is 6.07 Å². The predicted molar refractivity (Wildman–Crippen MR) is 113 cm³/mol. The minimum absolute atomic E-state index is 0.0122. The van der Waals surface area contributed by atoms with Crippen LogP contribution in [0.3, 0.4) is 0 Å². The van der Waals surface area contributed by atoms with Gasteiger partial charge in [0.1, 0.15) is 17.5 Å². The molecule has 1 saturated carbocycles. The molecule has 1 aromatic heterocycles. The zero-order valence-electron chi connectivity index (χ0n) is 16.8. The van der Waals surface area contributed by atoms with E-state index in [1.165, 1.54) is 48.7 Å². The van der Waals surface area contributed by atoms with Crippen LogP contribution >= 0.6 is 11.6 Å². The van der Waals surface area contributed by atoms with Gasteiger partial charge in [-0.15, -0.1) is 0 Å². The van der Waals surface area contributed by atoms with Crippen LogP contribution in [0, 0.1) is 11.3 Å². The Morgan fingerprint density at radius 1 is 1.18 bits per heavy atom. The lowest BCUT2D eigenvalue weighted by molar-refractivity contribution is -0.174. The third-order valence-corrected chi connectivity index (χ3v) is 6.75. The first-order valence-electron chi connectivity index (χ1n) is 9.94. The maximum Gasteiger partial charge on any atom is 0.345 e. The van der Waals surface area contributed by atoms with Gasteiger partial charge in [-0.3, -0.25) is 4.98 Å². The molecule has 5 atom stereocenters. The van der Waals surface area contributed by atoms with Crippen molar-refractivity contribution in [3.8, 4) is 11.8 Å². The van der Waals surface area contributed by atoms with Crippen molar-refractivity contribution in [2.45, 2.75) is 28.9 Å². The van der Waals surface area contributed by atoms with Crippen LogP contribution in [-0.2, 0) is 16.0 Å². The second-order valence-corrected chi connectivity index (χ2v) is 8.55. The number of nitrogens with zero attached hydrogens (tertiary/aromatic N) is 2. The topological polar surface area (TPSA) is 124 Å². The monoisotopic (exact) mass is 466 g/mol. The van der Waals surface area contributed by atoms with E-state index in [9.17, 15) is 25.4 Å². The lowest BCUT2D eigenvalue weighted by Crippen LogP contribution is -2.53. The molecule has 0 saturated heterocycles. The van der Waals surface area contributed by atoms with Gasteiger partial charge in [-0.1, -0.05) is 54.1 Å². The number of ether oxygens (including phenoxy) is 1. The van der Waals surface area contributed by atoms with Crippen LogP contribution in [-0.4, -0.2) is 38.0 Å². The van der Waals surface area contributed by atoms with Gasteiger partial charge < -0.3 is 20.1 Å². The first kappa shape index (κ1) is 21.3. The molecule has 3 aromatic rings. The highest BCUT2D eigenvalue weighted by atomic mass is 35.5. The Kier molecular flexibility index (Phi) is 4.52. The van der Waals surface area contributed by atoms with Gasteiger partial charge in [0.2, 0.25) is 5.67 Å². The Labute approximate surface area is 192 Å². The highest BCUT2D eigenvalue weighted by Gasteiger charge is 2.85. The van der Waals surface area contributed by atoms with E-state index in [0.717, 1.165) is 0 Å². The number of carbonyl (C=O) groups is 1. The van der Waals surface area contributed by atoms with Gasteiger partial charge in [0.15, 0.2) is 11.2 Å². The highest BCUT2D eigenvalue weighted by Crippen LogP contribution is 2.70. The largest absolute Gasteiger partial charge is 0.479 e. The second kappa shape index (κ2) is 6.99. The van der Waals surface area contributed by atoms with Crippen molar-refractivity contribution < 1.29 is 29.2 Å². The number of carboxylic acids is 1. The van der Waals surface area contributed by atoms with Gasteiger partial charge in [0.05, 0.1) is 22.6 Å². The minimum atomic E-state index is -3.36. The maximum absolute atomic E-state index is 16.6. The van der Waals surface area contributed by atoms with E-state index in [2.05, 4.69) is 4.98 Å². The predicted octanol–water partition coefficient (Wildman–Crippen LogP) is 3.03. The summed E-state index contributed by atoms with van der Waals surface area (Å²) in [6, 6.07) is 16.9. The van der Waals surface area contributed by atoms with Crippen molar-refractivity contribution in [1.82, 2.24) is 4.98 Å². The Morgan fingerprint density at radius 3 is 2.45 bits per heavy atom. The Morgan fingerprint density at radius 2 is 1.85 bits per heavy atom. The van der Waals surface area contributed by atoms with Gasteiger partial charge in [0.25, 0.3) is 0 Å². The van der Waals surface area contributed by atoms with E-state index in [0.29, 0.717) is 0 Å². The molecule has 0 bridgehead atoms. The number of aliphatic hydroxyl groups is 2. The quantitative estimate of drug-likeness (QED) is 0.542. The molecule has 7 nitrogen and oxygen atoms in total. The molecule has 1 aliphatic carbocycles. The number of benzene rings is 2. The van der Waals surface area contributed by atoms with Gasteiger partial charge >= 0.3 is 5.97 Å². The molecule has 2 heterocycles. The summed E-state index contributed by atoms with van der Waals surface area (Å²) in [6.45, 7) is 0. The van der Waals surface area contributed by atoms with Gasteiger partial charge in [-0.25, -0.2) is 9.18 Å². The van der Waals surface area contributed by atoms with E-state index < -0.39 is 34.9 Å². The number of hydrogen-bond donors (Lipinski definition) is 3. The fourth-order valence-corrected chi connectivity index (χ4v) is 5.33. The standard InChI is InChI=1S/C24H16ClFN2O5/c25-16-10-17-19(28-12-16)23(32)20(29)22(26,21(30)31)18(14-4-2-1-3-5-14)24(23,33-17)15-8-6-13(11-27)7-9-15/h1-10,12,18,20,29,32H,(H,30,31)/t18-,20-,22?,23+,24+/m1/s1. The maximum atomic E-state index is 16.6. The molecule has 166 valence electrons. The summed E-state index contributed by atoms with van der Waals surface area (Å²) in [7, 11) is 0. The average molecular weight is 467 g/mol. The van der Waals surface area contributed by atoms with Crippen molar-refractivity contribution in [3.05, 3.63) is 94.3 Å². The molecule has 1 aliphatic heterocycles. The third kappa shape index (κ3) is 2.50. The molecule has 0 radical (unpaired) electrons. The van der Waals surface area contributed by atoms with Crippen LogP contribution in [0.5, 0.6) is 5.75 Å². The molecular weight excluding hydrogens is 451 g/mol. The first-order chi connectivity index (χ1) is 15.7. The molecule has 2 aromatic carbocycles. The fraction of sp³-hybridized carbons (Fsp3) is 0.208. The molecular formula is C24H16ClFN2O5. The zero-order chi connectivity index (χ0) is 23.6. The lowest BCUT2D eigenvalue weighted by Gasteiger charge is -2.40. The Bertz CT molecular complexity index is 1310. The Balaban J connectivity index is 1.91. The number of rotatable bonds is 3. The van der Waals surface area contributed by atoms with E-state index in [1.54, 1.807) is 18.2 Å². The molecule has 9 heteroatoms. The van der Waals surface area contributed by atoms with E-state index in [-0.39, 0.29) is 33.2 Å². The number of hydrogen-bond acceptors (Lipinski definition) is 6. The van der Waals surface area contributed by atoms with Crippen molar-refractivity contribution >= 4 is 17.6 Å². The van der Waals surface area contributed by atoms with Crippen molar-refractivity contribution in [3.63, 3.8) is 0 Å². The number of carboxylic acid groups (broad SMARTS) is 1. The minimum Gasteiger partial charge on any atom is -0.479 e. The summed E-state index contributed by atoms with van der Waals surface area (Å²) in [5.41, 5.74) is -7.71. The number of nitriles is 1. The van der Waals surface area contributed by atoms with Crippen LogP contribution in [0.25, 0.3) is 0 Å². The average Bonchev–Trinajstić information content (AvgIpc) is 3.16. The van der Waals surface area contributed by atoms with Crippen LogP contribution in [0.1, 0.15) is 28.3 Å². The number of pyridine rings is 1. The molecule has 33 heavy (non-hydrogen) atoms.